The number of carbonyl (C=O) groups is 1. The highest BCUT2D eigenvalue weighted by Gasteiger charge is 2.28. The zero-order chi connectivity index (χ0) is 16.9. The Morgan fingerprint density at radius 2 is 2.00 bits per heavy atom. The largest absolute Gasteiger partial charge is 0.439 e. The smallest absolute Gasteiger partial charge is 0.244 e. The lowest BCUT2D eigenvalue weighted by Gasteiger charge is -2.29. The van der Waals surface area contributed by atoms with Crippen molar-refractivity contribution in [3.63, 3.8) is 0 Å². The van der Waals surface area contributed by atoms with Gasteiger partial charge in [0.05, 0.1) is 24.6 Å². The molecule has 0 spiro atoms. The standard InChI is InChI=1S/C17H18ClN3O3.2ClH/c1-11-16(19-8-9-23-11)17(22)21-13-4-7-15(20-10-13)24-14-5-2-12(18)3-6-14;;/h2-7,10-11,16,19H,8-9H2,1H3,(H,21,22);2*1H/t11-,16+;;/m1../s1. The van der Waals surface area contributed by atoms with Crippen LogP contribution in [0.4, 0.5) is 5.69 Å². The van der Waals surface area contributed by atoms with Crippen LogP contribution in [0.15, 0.2) is 42.6 Å². The summed E-state index contributed by atoms with van der Waals surface area (Å²) < 4.78 is 11.1. The van der Waals surface area contributed by atoms with Crippen LogP contribution in [0, 0.1) is 0 Å². The number of ether oxygens (including phenoxy) is 2. The lowest BCUT2D eigenvalue weighted by molar-refractivity contribution is -0.123. The van der Waals surface area contributed by atoms with Crippen molar-refractivity contribution >= 4 is 48.0 Å². The summed E-state index contributed by atoms with van der Waals surface area (Å²) in [4.78, 5) is 16.5. The first-order valence-corrected chi connectivity index (χ1v) is 8.05. The van der Waals surface area contributed by atoms with E-state index in [1.54, 1.807) is 42.6 Å². The average molecular weight is 421 g/mol. The number of morpholine rings is 1. The SMILES string of the molecule is C[C@H]1OCCN[C@@H]1C(=O)Nc1ccc(Oc2ccc(Cl)cc2)nc1.Cl.Cl. The van der Waals surface area contributed by atoms with Gasteiger partial charge in [0.2, 0.25) is 11.8 Å². The van der Waals surface area contributed by atoms with Crippen LogP contribution >= 0.6 is 36.4 Å². The molecule has 0 radical (unpaired) electrons. The van der Waals surface area contributed by atoms with Crippen molar-refractivity contribution in [2.75, 3.05) is 18.5 Å². The fourth-order valence-electron chi connectivity index (χ4n) is 2.39. The minimum absolute atomic E-state index is 0. The predicted octanol–water partition coefficient (Wildman–Crippen LogP) is 3.69. The maximum absolute atomic E-state index is 12.3. The molecule has 2 heterocycles. The normalized spacial score (nSPS) is 18.8. The first-order chi connectivity index (χ1) is 11.6. The molecule has 2 aromatic rings. The van der Waals surface area contributed by atoms with Gasteiger partial charge in [0.1, 0.15) is 11.8 Å². The van der Waals surface area contributed by atoms with Gasteiger partial charge in [0.25, 0.3) is 0 Å². The van der Waals surface area contributed by atoms with E-state index in [2.05, 4.69) is 15.6 Å². The molecule has 1 aromatic heterocycles. The molecule has 142 valence electrons. The van der Waals surface area contributed by atoms with Crippen LogP contribution in [0.2, 0.25) is 5.02 Å². The summed E-state index contributed by atoms with van der Waals surface area (Å²) in [7, 11) is 0. The summed E-state index contributed by atoms with van der Waals surface area (Å²) in [5.41, 5.74) is 0.600. The number of aromatic nitrogens is 1. The summed E-state index contributed by atoms with van der Waals surface area (Å²) >= 11 is 5.83. The summed E-state index contributed by atoms with van der Waals surface area (Å²) in [6, 6.07) is 10.1. The summed E-state index contributed by atoms with van der Waals surface area (Å²) in [6.45, 7) is 3.15. The highest BCUT2D eigenvalue weighted by Crippen LogP contribution is 2.22. The van der Waals surface area contributed by atoms with Crippen molar-refractivity contribution in [3.05, 3.63) is 47.6 Å². The molecule has 1 aliphatic rings. The Morgan fingerprint density at radius 1 is 1.27 bits per heavy atom. The third-order valence-corrected chi connectivity index (χ3v) is 3.89. The third-order valence-electron chi connectivity index (χ3n) is 3.64. The van der Waals surface area contributed by atoms with Gasteiger partial charge in [-0.3, -0.25) is 4.79 Å². The topological polar surface area (TPSA) is 72.5 Å². The summed E-state index contributed by atoms with van der Waals surface area (Å²) in [5, 5.41) is 6.61. The van der Waals surface area contributed by atoms with E-state index in [0.717, 1.165) is 0 Å². The second kappa shape index (κ2) is 10.5. The van der Waals surface area contributed by atoms with Crippen molar-refractivity contribution in [2.45, 2.75) is 19.1 Å². The van der Waals surface area contributed by atoms with Gasteiger partial charge in [-0.25, -0.2) is 4.98 Å². The highest BCUT2D eigenvalue weighted by molar-refractivity contribution is 6.30. The summed E-state index contributed by atoms with van der Waals surface area (Å²) in [6.07, 6.45) is 1.39. The van der Waals surface area contributed by atoms with Gasteiger partial charge in [-0.15, -0.1) is 24.8 Å². The van der Waals surface area contributed by atoms with E-state index in [1.165, 1.54) is 0 Å². The van der Waals surface area contributed by atoms with Crippen molar-refractivity contribution < 1.29 is 14.3 Å². The fraction of sp³-hybridized carbons (Fsp3) is 0.294. The number of carbonyl (C=O) groups excluding carboxylic acids is 1. The molecule has 1 fully saturated rings. The van der Waals surface area contributed by atoms with E-state index < -0.39 is 0 Å². The molecule has 1 saturated heterocycles. The van der Waals surface area contributed by atoms with Crippen LogP contribution in [0.3, 0.4) is 0 Å². The summed E-state index contributed by atoms with van der Waals surface area (Å²) in [5.74, 6) is 0.930. The van der Waals surface area contributed by atoms with Crippen LogP contribution in [0.1, 0.15) is 6.92 Å². The first-order valence-electron chi connectivity index (χ1n) is 7.67. The number of anilines is 1. The zero-order valence-electron chi connectivity index (χ0n) is 14.0. The third kappa shape index (κ3) is 6.00. The molecule has 2 N–H and O–H groups in total. The van der Waals surface area contributed by atoms with Gasteiger partial charge in [-0.2, -0.15) is 0 Å². The molecule has 3 rings (SSSR count). The molecule has 0 unspecified atom stereocenters. The van der Waals surface area contributed by atoms with E-state index >= 15 is 0 Å². The molecule has 1 amide bonds. The second-order valence-corrected chi connectivity index (χ2v) is 5.87. The van der Waals surface area contributed by atoms with E-state index in [-0.39, 0.29) is 42.9 Å². The Morgan fingerprint density at radius 3 is 2.62 bits per heavy atom. The Balaban J connectivity index is 0.00000169. The number of benzene rings is 1. The maximum atomic E-state index is 12.3. The van der Waals surface area contributed by atoms with Crippen molar-refractivity contribution in [3.8, 4) is 11.6 Å². The Kier molecular flexibility index (Phi) is 9.12. The lowest BCUT2D eigenvalue weighted by atomic mass is 10.1. The zero-order valence-corrected chi connectivity index (χ0v) is 16.4. The molecule has 6 nitrogen and oxygen atoms in total. The van der Waals surface area contributed by atoms with E-state index in [4.69, 9.17) is 21.1 Å². The molecular weight excluding hydrogens is 401 g/mol. The Hall–Kier alpha value is -1.57. The number of nitrogens with one attached hydrogen (secondary N) is 2. The number of hydrogen-bond donors (Lipinski definition) is 2. The van der Waals surface area contributed by atoms with Crippen molar-refractivity contribution in [1.82, 2.24) is 10.3 Å². The Labute approximate surface area is 169 Å². The number of rotatable bonds is 4. The molecule has 0 saturated carbocycles. The van der Waals surface area contributed by atoms with Crippen LogP contribution < -0.4 is 15.4 Å². The average Bonchev–Trinajstić information content (AvgIpc) is 2.59. The number of pyridine rings is 1. The fourth-order valence-corrected chi connectivity index (χ4v) is 2.51. The highest BCUT2D eigenvalue weighted by atomic mass is 35.5. The molecular formula is C17H20Cl3N3O3. The maximum Gasteiger partial charge on any atom is 0.244 e. The van der Waals surface area contributed by atoms with Crippen LogP contribution in [0.5, 0.6) is 11.6 Å². The number of hydrogen-bond acceptors (Lipinski definition) is 5. The minimum Gasteiger partial charge on any atom is -0.439 e. The quantitative estimate of drug-likeness (QED) is 0.789. The molecule has 0 bridgehead atoms. The number of halogens is 3. The minimum atomic E-state index is -0.372. The first kappa shape index (κ1) is 22.5. The van der Waals surface area contributed by atoms with Crippen molar-refractivity contribution in [1.29, 1.82) is 0 Å². The molecule has 2 atom stereocenters. The predicted molar refractivity (Wildman–Crippen MR) is 106 cm³/mol. The number of nitrogens with zero attached hydrogens (tertiary/aromatic N) is 1. The molecule has 1 aromatic carbocycles. The van der Waals surface area contributed by atoms with Gasteiger partial charge in [0, 0.05) is 17.6 Å². The molecule has 1 aliphatic heterocycles. The van der Waals surface area contributed by atoms with Gasteiger partial charge in [-0.1, -0.05) is 11.6 Å². The van der Waals surface area contributed by atoms with Gasteiger partial charge < -0.3 is 20.1 Å². The van der Waals surface area contributed by atoms with Gasteiger partial charge in [0.15, 0.2) is 0 Å². The van der Waals surface area contributed by atoms with E-state index in [9.17, 15) is 4.79 Å². The van der Waals surface area contributed by atoms with E-state index in [0.29, 0.717) is 35.5 Å². The lowest BCUT2D eigenvalue weighted by Crippen LogP contribution is -2.53. The van der Waals surface area contributed by atoms with Gasteiger partial charge in [-0.05, 0) is 37.3 Å². The molecule has 0 aliphatic carbocycles. The monoisotopic (exact) mass is 419 g/mol. The number of amides is 1. The van der Waals surface area contributed by atoms with Crippen LogP contribution in [0.25, 0.3) is 0 Å². The van der Waals surface area contributed by atoms with Crippen molar-refractivity contribution in [2.24, 2.45) is 0 Å². The molecule has 26 heavy (non-hydrogen) atoms. The molecule has 9 heteroatoms. The second-order valence-electron chi connectivity index (χ2n) is 5.44. The van der Waals surface area contributed by atoms with Crippen LogP contribution in [-0.4, -0.2) is 36.2 Å². The van der Waals surface area contributed by atoms with E-state index in [1.807, 2.05) is 6.92 Å². The van der Waals surface area contributed by atoms with Crippen LogP contribution in [-0.2, 0) is 9.53 Å². The van der Waals surface area contributed by atoms with Gasteiger partial charge >= 0.3 is 0 Å². The Bertz CT molecular complexity index is 699.